The molecule has 3 aliphatic heterocycles. The molecule has 2 saturated heterocycles. The van der Waals surface area contributed by atoms with Gasteiger partial charge in [-0.05, 0) is 114 Å². The van der Waals surface area contributed by atoms with Crippen molar-refractivity contribution in [2.24, 2.45) is 40.9 Å². The number of ketones is 3. The summed E-state index contributed by atoms with van der Waals surface area (Å²) in [5.74, 6) is -9.65. The third-order valence-electron chi connectivity index (χ3n) is 15.6. The summed E-state index contributed by atoms with van der Waals surface area (Å²) in [6.45, 7) is 12.4. The van der Waals surface area contributed by atoms with Gasteiger partial charge in [0.2, 0.25) is 5.79 Å². The number of Topliss-reactive ketones (excluding diaryl/α,β-unsaturated/α-hetero) is 3. The number of carbonyl (C=O) groups is 6. The number of esters is 2. The molecular formula is C55H85NO16. The lowest BCUT2D eigenvalue weighted by atomic mass is 9.78. The molecule has 4 aliphatic rings. The zero-order valence-electron chi connectivity index (χ0n) is 44.3. The predicted octanol–water partition coefficient (Wildman–Crippen LogP) is 5.07. The summed E-state index contributed by atoms with van der Waals surface area (Å²) in [6.07, 6.45) is 8.11. The Balaban J connectivity index is 1.68. The van der Waals surface area contributed by atoms with E-state index in [2.05, 4.69) is 0 Å². The molecule has 3 fully saturated rings. The molecule has 1 aliphatic carbocycles. The fourth-order valence-electron chi connectivity index (χ4n) is 10.4. The highest BCUT2D eigenvalue weighted by Gasteiger charge is 2.53. The lowest BCUT2D eigenvalue weighted by molar-refractivity contribution is -0.265. The van der Waals surface area contributed by atoms with Crippen LogP contribution in [0.4, 0.5) is 0 Å². The molecule has 0 radical (unpaired) electrons. The van der Waals surface area contributed by atoms with E-state index in [1.807, 2.05) is 26.0 Å². The van der Waals surface area contributed by atoms with Crippen LogP contribution in [-0.4, -0.2) is 154 Å². The summed E-state index contributed by atoms with van der Waals surface area (Å²) in [4.78, 5) is 85.1. The summed E-state index contributed by atoms with van der Waals surface area (Å²) in [7, 11) is 2.85. The van der Waals surface area contributed by atoms with Crippen LogP contribution in [0.5, 0.6) is 0 Å². The molecule has 0 aromatic rings. The second-order valence-electron chi connectivity index (χ2n) is 21.6. The smallest absolute Gasteiger partial charge is 0.329 e. The van der Waals surface area contributed by atoms with Crippen LogP contribution in [0.2, 0.25) is 0 Å². The highest BCUT2D eigenvalue weighted by Crippen LogP contribution is 2.38. The largest absolute Gasteiger partial charge is 0.460 e. The number of nitrogens with zero attached hydrogens (tertiary/aromatic N) is 1. The number of piperidine rings is 1. The maximum atomic E-state index is 14.5. The van der Waals surface area contributed by atoms with E-state index in [1.54, 1.807) is 58.9 Å². The number of hydrogen-bond acceptors (Lipinski definition) is 16. The number of hydrogen-bond donors (Lipinski definition) is 5. The highest BCUT2D eigenvalue weighted by molar-refractivity contribution is 6.39. The molecule has 17 nitrogen and oxygen atoms in total. The first kappa shape index (κ1) is 60.6. The first-order valence-corrected chi connectivity index (χ1v) is 26.0. The molecule has 4 rings (SSSR count). The van der Waals surface area contributed by atoms with Gasteiger partial charge in [0.15, 0.2) is 5.78 Å². The van der Waals surface area contributed by atoms with Crippen LogP contribution in [0.15, 0.2) is 47.6 Å². The number of cyclic esters (lactones) is 1. The van der Waals surface area contributed by atoms with Gasteiger partial charge in [-0.25, -0.2) is 4.79 Å². The Bertz CT molecular complexity index is 1990. The SMILES string of the molecule is CO[C@@H]1C[C@H](C[C@@H](C)[C@@H]2CC(=O)[C@H](C)/C=C(/C)[C@@H](O)[C@@H](OC)C(=O)[C@H](C)C[C@H](C)\C=C/C=C/C=C(\C)[C@@H](O)C[C@@H]3CC[C@@H](C)[C@@](O)(O3)C(=O)C(=O)N3CCCC[C@H]3C(=O)O2)CC[C@H]1OC(=O)C(C)(CO)CO. The molecule has 72 heavy (non-hydrogen) atoms. The fourth-order valence-corrected chi connectivity index (χ4v) is 10.4. The molecular weight excluding hydrogens is 931 g/mol. The summed E-state index contributed by atoms with van der Waals surface area (Å²) < 4.78 is 29.4. The number of aliphatic hydroxyl groups excluding tert-OH is 4. The van der Waals surface area contributed by atoms with E-state index in [1.165, 1.54) is 21.1 Å². The number of rotatable bonds is 9. The summed E-state index contributed by atoms with van der Waals surface area (Å²) >= 11 is 0. The minimum absolute atomic E-state index is 0.0247. The second kappa shape index (κ2) is 27.6. The average molecular weight is 1020 g/mol. The minimum atomic E-state index is -2.52. The van der Waals surface area contributed by atoms with Crippen LogP contribution < -0.4 is 0 Å². The summed E-state index contributed by atoms with van der Waals surface area (Å²) in [5.41, 5.74) is -0.548. The topological polar surface area (TPSA) is 253 Å². The van der Waals surface area contributed by atoms with Gasteiger partial charge in [0.05, 0.1) is 31.5 Å². The van der Waals surface area contributed by atoms with Crippen molar-refractivity contribution in [3.05, 3.63) is 47.6 Å². The predicted molar refractivity (Wildman–Crippen MR) is 266 cm³/mol. The quantitative estimate of drug-likeness (QED) is 0.115. The third kappa shape index (κ3) is 15.6. The van der Waals surface area contributed by atoms with Gasteiger partial charge in [-0.1, -0.05) is 71.1 Å². The molecule has 0 spiro atoms. The van der Waals surface area contributed by atoms with E-state index in [0.29, 0.717) is 68.9 Å². The summed E-state index contributed by atoms with van der Waals surface area (Å²) in [5, 5.41) is 54.1. The molecule has 0 unspecified atom stereocenters. The van der Waals surface area contributed by atoms with Crippen LogP contribution >= 0.6 is 0 Å². The molecule has 406 valence electrons. The number of allylic oxidation sites excluding steroid dienone is 6. The number of carbonyl (C=O) groups excluding carboxylic acids is 6. The van der Waals surface area contributed by atoms with Gasteiger partial charge in [0.1, 0.15) is 41.7 Å². The Morgan fingerprint density at radius 2 is 1.57 bits per heavy atom. The van der Waals surface area contributed by atoms with Crippen LogP contribution in [0.25, 0.3) is 0 Å². The third-order valence-corrected chi connectivity index (χ3v) is 15.6. The van der Waals surface area contributed by atoms with E-state index in [4.69, 9.17) is 23.7 Å². The van der Waals surface area contributed by atoms with Crippen LogP contribution in [0, 0.1) is 40.9 Å². The Kier molecular flexibility index (Phi) is 23.2. The zero-order valence-corrected chi connectivity index (χ0v) is 44.3. The number of methoxy groups -OCH3 is 2. The lowest BCUT2D eigenvalue weighted by Gasteiger charge is -2.42. The first-order valence-electron chi connectivity index (χ1n) is 26.0. The van der Waals surface area contributed by atoms with Crippen molar-refractivity contribution in [1.29, 1.82) is 0 Å². The molecule has 0 aromatic carbocycles. The van der Waals surface area contributed by atoms with Crippen LogP contribution in [0.3, 0.4) is 0 Å². The highest BCUT2D eigenvalue weighted by atomic mass is 16.6. The maximum Gasteiger partial charge on any atom is 0.329 e. The monoisotopic (exact) mass is 1020 g/mol. The van der Waals surface area contributed by atoms with Gasteiger partial charge in [0.25, 0.3) is 11.7 Å². The van der Waals surface area contributed by atoms with Crippen molar-refractivity contribution in [2.45, 2.75) is 187 Å². The van der Waals surface area contributed by atoms with Crippen molar-refractivity contribution in [2.75, 3.05) is 34.0 Å². The van der Waals surface area contributed by atoms with Crippen LogP contribution in [0.1, 0.15) is 132 Å². The van der Waals surface area contributed by atoms with Crippen molar-refractivity contribution < 1.29 is 78.0 Å². The number of ether oxygens (including phenoxy) is 5. The molecule has 17 heteroatoms. The normalized spacial score (nSPS) is 37.8. The lowest BCUT2D eigenvalue weighted by Crippen LogP contribution is -2.61. The van der Waals surface area contributed by atoms with Gasteiger partial charge in [-0.3, -0.25) is 24.0 Å². The Morgan fingerprint density at radius 1 is 0.875 bits per heavy atom. The van der Waals surface area contributed by atoms with Gasteiger partial charge < -0.3 is 54.1 Å². The minimum Gasteiger partial charge on any atom is -0.460 e. The van der Waals surface area contributed by atoms with Crippen molar-refractivity contribution in [3.8, 4) is 0 Å². The van der Waals surface area contributed by atoms with Crippen molar-refractivity contribution >= 4 is 35.2 Å². The molecule has 5 N–H and O–H groups in total. The average Bonchev–Trinajstić information content (AvgIpc) is 3.36. The van der Waals surface area contributed by atoms with Gasteiger partial charge in [-0.2, -0.15) is 0 Å². The molecule has 1 amide bonds. The summed E-state index contributed by atoms with van der Waals surface area (Å²) in [6, 6.07) is -1.22. The van der Waals surface area contributed by atoms with E-state index in [0.717, 1.165) is 4.90 Å². The van der Waals surface area contributed by atoms with E-state index >= 15 is 0 Å². The standard InChI is InChI=1S/C55H85NO16/c1-32-16-12-11-13-17-33(2)42(59)28-40-21-19-38(7)55(67,72-40)50(63)51(64)56-23-15-14-18-41(56)52(65)70-45(29-43(60)34(3)25-37(6)48(62)49(69-10)47(61)36(5)24-32)35(4)26-39-20-22-44(46(27-39)68-9)71-53(66)54(8,30-57)31-58/h11-13,16-17,25,32,34-36,38-42,44-46,48-49,57-59,62,67H,14-15,18-24,26-31H2,1-10H3/b13-11+,16-12-,33-17+,37-25-/t32-,34-,35-,36-,38-,39+,40+,41+,42+,44-,45+,46-,48-,49+,55-/m1/s1. The number of amides is 1. The number of aliphatic hydroxyl groups is 5. The van der Waals surface area contributed by atoms with E-state index in [9.17, 15) is 54.3 Å². The first-order chi connectivity index (χ1) is 33.9. The fraction of sp³-hybridized carbons (Fsp3) is 0.745. The van der Waals surface area contributed by atoms with E-state index in [-0.39, 0.29) is 49.2 Å². The van der Waals surface area contributed by atoms with E-state index < -0.39 is 120 Å². The molecule has 3 heterocycles. The Morgan fingerprint density at radius 3 is 2.22 bits per heavy atom. The van der Waals surface area contributed by atoms with Crippen molar-refractivity contribution in [1.82, 2.24) is 4.90 Å². The van der Waals surface area contributed by atoms with Crippen molar-refractivity contribution in [3.63, 3.8) is 0 Å². The molecule has 1 saturated carbocycles. The maximum absolute atomic E-state index is 14.5. The Labute approximate surface area is 426 Å². The van der Waals surface area contributed by atoms with Gasteiger partial charge >= 0.3 is 11.9 Å². The van der Waals surface area contributed by atoms with Crippen LogP contribution in [-0.2, 0) is 52.5 Å². The second-order valence-corrected chi connectivity index (χ2v) is 21.6. The van der Waals surface area contributed by atoms with Gasteiger partial charge in [-0.15, -0.1) is 0 Å². The zero-order chi connectivity index (χ0) is 53.7. The van der Waals surface area contributed by atoms with Gasteiger partial charge in [0, 0.05) is 51.4 Å². The molecule has 2 bridgehead atoms. The Hall–Kier alpha value is -3.94. The molecule has 0 aromatic heterocycles. The number of fused-ring (bicyclic) bond motifs is 3. The molecule has 15 atom stereocenters.